The van der Waals surface area contributed by atoms with Crippen LogP contribution in [0.4, 0.5) is 0 Å². The van der Waals surface area contributed by atoms with Crippen molar-refractivity contribution in [2.75, 3.05) is 13.1 Å². The number of rotatable bonds is 4. The molecule has 1 aliphatic carbocycles. The zero-order valence-electron chi connectivity index (χ0n) is 13.2. The molecule has 1 fully saturated rings. The van der Waals surface area contributed by atoms with Crippen molar-refractivity contribution in [2.24, 2.45) is 16.1 Å². The van der Waals surface area contributed by atoms with E-state index < -0.39 is 0 Å². The van der Waals surface area contributed by atoms with E-state index in [1.54, 1.807) is 0 Å². The summed E-state index contributed by atoms with van der Waals surface area (Å²) in [5, 5.41) is 6.15. The second-order valence-electron chi connectivity index (χ2n) is 6.61. The van der Waals surface area contributed by atoms with E-state index >= 15 is 0 Å². The third-order valence-corrected chi connectivity index (χ3v) is 3.57. The molecule has 1 rings (SSSR count). The van der Waals surface area contributed by atoms with Gasteiger partial charge in [-0.25, -0.2) is 0 Å². The SMILES string of the molecule is CC(C)(C)C(=O)NCCN=C(N)NC1CCCCCC1. The minimum atomic E-state index is -0.353. The lowest BCUT2D eigenvalue weighted by molar-refractivity contribution is -0.128. The van der Waals surface area contributed by atoms with Gasteiger partial charge in [0, 0.05) is 18.0 Å². The maximum atomic E-state index is 11.7. The summed E-state index contributed by atoms with van der Waals surface area (Å²) >= 11 is 0. The van der Waals surface area contributed by atoms with Crippen LogP contribution in [-0.2, 0) is 4.79 Å². The number of nitrogens with zero attached hydrogens (tertiary/aromatic N) is 1. The van der Waals surface area contributed by atoms with Crippen LogP contribution in [0.2, 0.25) is 0 Å². The van der Waals surface area contributed by atoms with E-state index in [0.29, 0.717) is 25.1 Å². The molecule has 0 saturated heterocycles. The van der Waals surface area contributed by atoms with Crippen molar-refractivity contribution in [1.82, 2.24) is 10.6 Å². The highest BCUT2D eigenvalue weighted by molar-refractivity contribution is 5.81. The maximum absolute atomic E-state index is 11.7. The third-order valence-electron chi connectivity index (χ3n) is 3.57. The Hall–Kier alpha value is -1.26. The highest BCUT2D eigenvalue weighted by atomic mass is 16.2. The number of nitrogens with one attached hydrogen (secondary N) is 2. The number of nitrogens with two attached hydrogens (primary N) is 1. The molecule has 5 nitrogen and oxygen atoms in total. The van der Waals surface area contributed by atoms with Gasteiger partial charge in [-0.15, -0.1) is 0 Å². The first-order valence-electron chi connectivity index (χ1n) is 7.74. The third kappa shape index (κ3) is 6.78. The summed E-state index contributed by atoms with van der Waals surface area (Å²) in [5.74, 6) is 0.546. The molecule has 1 aliphatic rings. The molecule has 0 aliphatic heterocycles. The van der Waals surface area contributed by atoms with Gasteiger partial charge in [-0.1, -0.05) is 46.5 Å². The average molecular weight is 282 g/mol. The predicted octanol–water partition coefficient (Wildman–Crippen LogP) is 1.78. The second-order valence-corrected chi connectivity index (χ2v) is 6.61. The lowest BCUT2D eigenvalue weighted by Gasteiger charge is -2.18. The van der Waals surface area contributed by atoms with E-state index in [1.807, 2.05) is 20.8 Å². The predicted molar refractivity (Wildman–Crippen MR) is 83.6 cm³/mol. The molecule has 0 aromatic rings. The lowest BCUT2D eigenvalue weighted by atomic mass is 9.96. The Morgan fingerprint density at radius 1 is 1.20 bits per heavy atom. The lowest BCUT2D eigenvalue weighted by Crippen LogP contribution is -2.41. The van der Waals surface area contributed by atoms with Gasteiger partial charge in [0.05, 0.1) is 6.54 Å². The zero-order chi connectivity index (χ0) is 15.0. The largest absolute Gasteiger partial charge is 0.370 e. The van der Waals surface area contributed by atoms with Crippen LogP contribution in [-0.4, -0.2) is 31.0 Å². The minimum absolute atomic E-state index is 0.0444. The number of guanidine groups is 1. The highest BCUT2D eigenvalue weighted by Gasteiger charge is 2.20. The summed E-state index contributed by atoms with van der Waals surface area (Å²) in [6.45, 7) is 6.74. The van der Waals surface area contributed by atoms with E-state index in [0.717, 1.165) is 0 Å². The van der Waals surface area contributed by atoms with Crippen molar-refractivity contribution in [3.05, 3.63) is 0 Å². The molecule has 116 valence electrons. The van der Waals surface area contributed by atoms with Crippen molar-refractivity contribution >= 4 is 11.9 Å². The first-order valence-corrected chi connectivity index (χ1v) is 7.74. The molecule has 0 radical (unpaired) electrons. The van der Waals surface area contributed by atoms with Gasteiger partial charge in [0.2, 0.25) is 5.91 Å². The van der Waals surface area contributed by atoms with E-state index in [-0.39, 0.29) is 11.3 Å². The molecule has 0 unspecified atom stereocenters. The number of hydrogen-bond donors (Lipinski definition) is 3. The molecule has 1 amide bonds. The minimum Gasteiger partial charge on any atom is -0.370 e. The Balaban J connectivity index is 2.22. The molecule has 0 bridgehead atoms. The van der Waals surface area contributed by atoms with Gasteiger partial charge in [0.25, 0.3) is 0 Å². The maximum Gasteiger partial charge on any atom is 0.225 e. The fourth-order valence-corrected chi connectivity index (χ4v) is 2.29. The molecule has 0 heterocycles. The van der Waals surface area contributed by atoms with Crippen LogP contribution in [0.3, 0.4) is 0 Å². The van der Waals surface area contributed by atoms with E-state index in [9.17, 15) is 4.79 Å². The Kier molecular flexibility index (Phi) is 6.82. The number of hydrogen-bond acceptors (Lipinski definition) is 2. The van der Waals surface area contributed by atoms with Crippen LogP contribution < -0.4 is 16.4 Å². The van der Waals surface area contributed by atoms with E-state index in [1.165, 1.54) is 38.5 Å². The fraction of sp³-hybridized carbons (Fsp3) is 0.867. The Morgan fingerprint density at radius 2 is 1.80 bits per heavy atom. The summed E-state index contributed by atoms with van der Waals surface area (Å²) in [6, 6.07) is 0.463. The molecule has 20 heavy (non-hydrogen) atoms. The summed E-state index contributed by atoms with van der Waals surface area (Å²) in [5.41, 5.74) is 5.53. The van der Waals surface area contributed by atoms with Crippen molar-refractivity contribution in [2.45, 2.75) is 65.3 Å². The van der Waals surface area contributed by atoms with Crippen LogP contribution in [0.15, 0.2) is 4.99 Å². The molecular formula is C15H30N4O. The number of carbonyl (C=O) groups excluding carboxylic acids is 1. The Morgan fingerprint density at radius 3 is 2.35 bits per heavy atom. The first kappa shape index (κ1) is 16.8. The van der Waals surface area contributed by atoms with Gasteiger partial charge in [-0.05, 0) is 12.8 Å². The number of carbonyl (C=O) groups is 1. The van der Waals surface area contributed by atoms with Crippen LogP contribution in [0.25, 0.3) is 0 Å². The van der Waals surface area contributed by atoms with Gasteiger partial charge in [0.1, 0.15) is 0 Å². The molecule has 5 heteroatoms. The van der Waals surface area contributed by atoms with Crippen molar-refractivity contribution in [1.29, 1.82) is 0 Å². The fourth-order valence-electron chi connectivity index (χ4n) is 2.29. The molecule has 0 atom stereocenters. The molecular weight excluding hydrogens is 252 g/mol. The Labute approximate surface area is 122 Å². The van der Waals surface area contributed by atoms with Crippen LogP contribution >= 0.6 is 0 Å². The van der Waals surface area contributed by atoms with Gasteiger partial charge in [-0.2, -0.15) is 0 Å². The van der Waals surface area contributed by atoms with Crippen LogP contribution in [0.5, 0.6) is 0 Å². The second kappa shape index (κ2) is 8.12. The summed E-state index contributed by atoms with van der Waals surface area (Å²) < 4.78 is 0. The topological polar surface area (TPSA) is 79.5 Å². The monoisotopic (exact) mass is 282 g/mol. The smallest absolute Gasteiger partial charge is 0.225 e. The van der Waals surface area contributed by atoms with Crippen molar-refractivity contribution < 1.29 is 4.79 Å². The Bertz CT molecular complexity index is 325. The van der Waals surface area contributed by atoms with Crippen LogP contribution in [0, 0.1) is 5.41 Å². The highest BCUT2D eigenvalue weighted by Crippen LogP contribution is 2.16. The van der Waals surface area contributed by atoms with Crippen molar-refractivity contribution in [3.63, 3.8) is 0 Å². The summed E-state index contributed by atoms with van der Waals surface area (Å²) in [4.78, 5) is 15.9. The summed E-state index contributed by atoms with van der Waals surface area (Å²) in [6.07, 6.45) is 7.55. The first-order chi connectivity index (χ1) is 9.39. The quantitative estimate of drug-likeness (QED) is 0.318. The number of amides is 1. The van der Waals surface area contributed by atoms with E-state index in [2.05, 4.69) is 15.6 Å². The average Bonchev–Trinajstić information content (AvgIpc) is 2.61. The van der Waals surface area contributed by atoms with Crippen LogP contribution in [0.1, 0.15) is 59.3 Å². The van der Waals surface area contributed by atoms with Gasteiger partial charge < -0.3 is 16.4 Å². The molecule has 4 N–H and O–H groups in total. The molecule has 0 spiro atoms. The van der Waals surface area contributed by atoms with Gasteiger partial charge >= 0.3 is 0 Å². The van der Waals surface area contributed by atoms with E-state index in [4.69, 9.17) is 5.73 Å². The standard InChI is InChI=1S/C15H30N4O/c1-15(2,3)13(20)17-10-11-18-14(16)19-12-8-6-4-5-7-9-12/h12H,4-11H2,1-3H3,(H,17,20)(H3,16,18,19). The molecule has 0 aromatic heterocycles. The van der Waals surface area contributed by atoms with Gasteiger partial charge in [-0.3, -0.25) is 9.79 Å². The zero-order valence-corrected chi connectivity index (χ0v) is 13.2. The summed E-state index contributed by atoms with van der Waals surface area (Å²) in [7, 11) is 0. The van der Waals surface area contributed by atoms with Gasteiger partial charge in [0.15, 0.2) is 5.96 Å². The molecule has 1 saturated carbocycles. The molecule has 0 aromatic carbocycles. The van der Waals surface area contributed by atoms with Crippen molar-refractivity contribution in [3.8, 4) is 0 Å². The normalized spacial score (nSPS) is 18.4. The number of aliphatic imine (C=N–C) groups is 1.